The number of fused-ring (bicyclic) bond motifs is 1. The van der Waals surface area contributed by atoms with Crippen molar-refractivity contribution in [2.75, 3.05) is 0 Å². The van der Waals surface area contributed by atoms with Crippen molar-refractivity contribution in [3.05, 3.63) is 71.5 Å². The van der Waals surface area contributed by atoms with Gasteiger partial charge in [0.1, 0.15) is 5.69 Å². The molecule has 0 radical (unpaired) electrons. The number of hydrogen-bond donors (Lipinski definition) is 2. The van der Waals surface area contributed by atoms with E-state index in [4.69, 9.17) is 0 Å². The second kappa shape index (κ2) is 6.87. The van der Waals surface area contributed by atoms with Crippen molar-refractivity contribution >= 4 is 22.8 Å². The van der Waals surface area contributed by atoms with Gasteiger partial charge in [0.15, 0.2) is 0 Å². The summed E-state index contributed by atoms with van der Waals surface area (Å²) in [6.07, 6.45) is 2.28. The number of benzene rings is 2. The second-order valence-electron chi connectivity index (χ2n) is 5.20. The minimum atomic E-state index is -0.521. The first kappa shape index (κ1) is 15.6. The number of nitrogens with one attached hydrogen (secondary N) is 2. The van der Waals surface area contributed by atoms with Gasteiger partial charge < -0.3 is 0 Å². The fraction of sp³-hybridized carbons (Fsp3) is 0.111. The Morgan fingerprint density at radius 3 is 2.29 bits per heavy atom. The number of hydrazine groups is 1. The maximum atomic E-state index is 12.1. The van der Waals surface area contributed by atoms with Gasteiger partial charge >= 0.3 is 0 Å². The van der Waals surface area contributed by atoms with E-state index >= 15 is 0 Å². The van der Waals surface area contributed by atoms with Crippen LogP contribution in [0.3, 0.4) is 0 Å². The van der Waals surface area contributed by atoms with Crippen LogP contribution in [0.5, 0.6) is 0 Å². The molecule has 0 aliphatic carbocycles. The zero-order chi connectivity index (χ0) is 16.9. The number of para-hydroxylation sites is 2. The minimum Gasteiger partial charge on any atom is -0.267 e. The topological polar surface area (TPSA) is 84.0 Å². The minimum absolute atomic E-state index is 0.135. The highest BCUT2D eigenvalue weighted by molar-refractivity contribution is 5.98. The van der Waals surface area contributed by atoms with Crippen LogP contribution in [0.4, 0.5) is 0 Å². The summed E-state index contributed by atoms with van der Waals surface area (Å²) >= 11 is 0. The Hall–Kier alpha value is -3.28. The highest BCUT2D eigenvalue weighted by Gasteiger charge is 2.11. The second-order valence-corrected chi connectivity index (χ2v) is 5.20. The molecular weight excluding hydrogens is 304 g/mol. The average molecular weight is 320 g/mol. The Morgan fingerprint density at radius 2 is 1.58 bits per heavy atom. The third kappa shape index (κ3) is 3.38. The molecule has 2 aromatic carbocycles. The highest BCUT2D eigenvalue weighted by Crippen LogP contribution is 2.08. The molecule has 2 amide bonds. The molecule has 3 aromatic rings. The van der Waals surface area contributed by atoms with E-state index in [2.05, 4.69) is 20.8 Å². The van der Waals surface area contributed by atoms with Crippen LogP contribution in [0.15, 0.2) is 54.7 Å². The van der Waals surface area contributed by atoms with Gasteiger partial charge in [-0.25, -0.2) is 4.98 Å². The summed E-state index contributed by atoms with van der Waals surface area (Å²) in [6, 6.07) is 14.4. The van der Waals surface area contributed by atoms with Gasteiger partial charge in [-0.05, 0) is 36.2 Å². The molecule has 3 rings (SSSR count). The predicted octanol–water partition coefficient (Wildman–Crippen LogP) is 2.27. The number of aryl methyl sites for hydroxylation is 1. The Morgan fingerprint density at radius 1 is 0.917 bits per heavy atom. The van der Waals surface area contributed by atoms with E-state index in [0.717, 1.165) is 12.0 Å². The summed E-state index contributed by atoms with van der Waals surface area (Å²) < 4.78 is 0. The van der Waals surface area contributed by atoms with Gasteiger partial charge in [0.2, 0.25) is 0 Å². The summed E-state index contributed by atoms with van der Waals surface area (Å²) in [5.74, 6) is -0.911. The number of rotatable bonds is 3. The smallest absolute Gasteiger partial charge is 0.267 e. The van der Waals surface area contributed by atoms with E-state index in [1.54, 1.807) is 18.2 Å². The number of hydrogen-bond acceptors (Lipinski definition) is 4. The molecule has 1 heterocycles. The fourth-order valence-electron chi connectivity index (χ4n) is 2.21. The van der Waals surface area contributed by atoms with Gasteiger partial charge in [0, 0.05) is 5.56 Å². The van der Waals surface area contributed by atoms with Crippen LogP contribution in [0.2, 0.25) is 0 Å². The number of aromatic nitrogens is 2. The Labute approximate surface area is 138 Å². The molecule has 0 saturated carbocycles. The zero-order valence-corrected chi connectivity index (χ0v) is 13.1. The number of amides is 2. The summed E-state index contributed by atoms with van der Waals surface area (Å²) in [5.41, 5.74) is 7.79. The molecule has 0 saturated heterocycles. The number of carbonyl (C=O) groups excluding carboxylic acids is 2. The third-order valence-corrected chi connectivity index (χ3v) is 3.60. The molecular formula is C18H16N4O2. The van der Waals surface area contributed by atoms with Gasteiger partial charge in [0.25, 0.3) is 11.8 Å². The van der Waals surface area contributed by atoms with Crippen LogP contribution in [0.1, 0.15) is 33.3 Å². The molecule has 0 aliphatic rings. The lowest BCUT2D eigenvalue weighted by molar-refractivity contribution is 0.0844. The molecule has 0 fully saturated rings. The molecule has 24 heavy (non-hydrogen) atoms. The van der Waals surface area contributed by atoms with E-state index in [9.17, 15) is 9.59 Å². The third-order valence-electron chi connectivity index (χ3n) is 3.60. The van der Waals surface area contributed by atoms with E-state index < -0.39 is 5.91 Å². The van der Waals surface area contributed by atoms with Crippen molar-refractivity contribution in [1.29, 1.82) is 0 Å². The Balaban J connectivity index is 1.66. The molecule has 2 N–H and O–H groups in total. The van der Waals surface area contributed by atoms with Crippen LogP contribution in [-0.4, -0.2) is 21.8 Å². The summed E-state index contributed by atoms with van der Waals surface area (Å²) in [6.45, 7) is 2.04. The first-order valence-corrected chi connectivity index (χ1v) is 7.59. The number of carbonyl (C=O) groups is 2. The van der Waals surface area contributed by atoms with Crippen molar-refractivity contribution in [3.8, 4) is 0 Å². The van der Waals surface area contributed by atoms with Crippen LogP contribution < -0.4 is 10.9 Å². The summed E-state index contributed by atoms with van der Waals surface area (Å²) in [7, 11) is 0. The molecule has 0 spiro atoms. The summed E-state index contributed by atoms with van der Waals surface area (Å²) in [4.78, 5) is 32.5. The van der Waals surface area contributed by atoms with Crippen molar-refractivity contribution in [2.24, 2.45) is 0 Å². The lowest BCUT2D eigenvalue weighted by atomic mass is 10.1. The molecule has 0 unspecified atom stereocenters. The monoisotopic (exact) mass is 320 g/mol. The normalized spacial score (nSPS) is 10.4. The van der Waals surface area contributed by atoms with Crippen molar-refractivity contribution in [3.63, 3.8) is 0 Å². The van der Waals surface area contributed by atoms with Gasteiger partial charge in [-0.15, -0.1) is 0 Å². The van der Waals surface area contributed by atoms with Crippen LogP contribution in [0, 0.1) is 0 Å². The molecule has 1 aromatic heterocycles. The number of nitrogens with zero attached hydrogens (tertiary/aromatic N) is 2. The molecule has 0 aliphatic heterocycles. The largest absolute Gasteiger partial charge is 0.289 e. The zero-order valence-electron chi connectivity index (χ0n) is 13.1. The van der Waals surface area contributed by atoms with E-state index in [1.807, 2.05) is 37.3 Å². The van der Waals surface area contributed by atoms with E-state index in [-0.39, 0.29) is 11.6 Å². The predicted molar refractivity (Wildman–Crippen MR) is 90.3 cm³/mol. The van der Waals surface area contributed by atoms with Crippen molar-refractivity contribution in [1.82, 2.24) is 20.8 Å². The van der Waals surface area contributed by atoms with Gasteiger partial charge in [-0.3, -0.25) is 25.4 Å². The molecule has 6 heteroatoms. The fourth-order valence-corrected chi connectivity index (χ4v) is 2.21. The van der Waals surface area contributed by atoms with E-state index in [1.165, 1.54) is 6.20 Å². The maximum Gasteiger partial charge on any atom is 0.289 e. The lowest BCUT2D eigenvalue weighted by Crippen LogP contribution is -2.42. The van der Waals surface area contributed by atoms with Crippen LogP contribution in [-0.2, 0) is 6.42 Å². The standard InChI is InChI=1S/C18H16N4O2/c1-2-12-7-9-13(10-8-12)17(23)21-22-18(24)16-11-19-14-5-3-4-6-15(14)20-16/h3-11H,2H2,1H3,(H,21,23)(H,22,24). The van der Waals surface area contributed by atoms with Gasteiger partial charge in [-0.2, -0.15) is 0 Å². The Kier molecular flexibility index (Phi) is 4.47. The molecule has 6 nitrogen and oxygen atoms in total. The maximum absolute atomic E-state index is 12.1. The first-order chi connectivity index (χ1) is 11.7. The van der Waals surface area contributed by atoms with Crippen LogP contribution in [0.25, 0.3) is 11.0 Å². The Bertz CT molecular complexity index is 891. The SMILES string of the molecule is CCc1ccc(C(=O)NNC(=O)c2cnc3ccccc3n2)cc1. The molecule has 0 atom stereocenters. The highest BCUT2D eigenvalue weighted by atomic mass is 16.2. The van der Waals surface area contributed by atoms with Gasteiger partial charge in [0.05, 0.1) is 17.2 Å². The molecule has 120 valence electrons. The van der Waals surface area contributed by atoms with Gasteiger partial charge in [-0.1, -0.05) is 31.2 Å². The van der Waals surface area contributed by atoms with Crippen LogP contribution >= 0.6 is 0 Å². The van der Waals surface area contributed by atoms with E-state index in [0.29, 0.717) is 16.6 Å². The quantitative estimate of drug-likeness (QED) is 0.725. The first-order valence-electron chi connectivity index (χ1n) is 7.59. The summed E-state index contributed by atoms with van der Waals surface area (Å²) in [5, 5.41) is 0. The van der Waals surface area contributed by atoms with Crippen molar-refractivity contribution in [2.45, 2.75) is 13.3 Å². The van der Waals surface area contributed by atoms with Crippen molar-refractivity contribution < 1.29 is 9.59 Å². The lowest BCUT2D eigenvalue weighted by Gasteiger charge is -2.07. The molecule has 0 bridgehead atoms. The average Bonchev–Trinajstić information content (AvgIpc) is 2.65.